The van der Waals surface area contributed by atoms with Gasteiger partial charge in [-0.05, 0) is 31.6 Å². The molecule has 12 heavy (non-hydrogen) atoms. The summed E-state index contributed by atoms with van der Waals surface area (Å²) in [6.45, 7) is 8.85. The zero-order valence-electron chi connectivity index (χ0n) is 8.63. The fourth-order valence-corrected chi connectivity index (χ4v) is 1.81. The molecule has 0 spiro atoms. The maximum atomic E-state index is 5.76. The third kappa shape index (κ3) is 3.15. The fraction of sp³-hybridized carbons (Fsp3) is 1.00. The van der Waals surface area contributed by atoms with Gasteiger partial charge in [0.2, 0.25) is 0 Å². The van der Waals surface area contributed by atoms with Crippen LogP contribution in [0.2, 0.25) is 6.32 Å². The van der Waals surface area contributed by atoms with E-state index in [-0.39, 0.29) is 7.05 Å². The van der Waals surface area contributed by atoms with Gasteiger partial charge < -0.3 is 9.88 Å². The summed E-state index contributed by atoms with van der Waals surface area (Å²) in [5.41, 5.74) is 0. The van der Waals surface area contributed by atoms with E-state index in [9.17, 15) is 0 Å². The quantitative estimate of drug-likeness (QED) is 0.637. The van der Waals surface area contributed by atoms with Gasteiger partial charge in [-0.25, -0.2) is 0 Å². The molecule has 0 amide bonds. The maximum absolute atomic E-state index is 5.76. The monoisotopic (exact) mass is 169 g/mol. The minimum Gasteiger partial charge on any atom is -0.419 e. The van der Waals surface area contributed by atoms with Crippen LogP contribution in [0.25, 0.3) is 0 Å². The Balaban J connectivity index is 2.34. The van der Waals surface area contributed by atoms with Gasteiger partial charge in [0, 0.05) is 6.10 Å². The van der Waals surface area contributed by atoms with E-state index in [1.807, 2.05) is 0 Å². The molecule has 0 saturated carbocycles. The van der Waals surface area contributed by atoms with Gasteiger partial charge in [0.25, 0.3) is 0 Å². The van der Waals surface area contributed by atoms with Crippen LogP contribution in [-0.2, 0) is 4.65 Å². The summed E-state index contributed by atoms with van der Waals surface area (Å²) in [4.78, 5) is 0. The lowest BCUT2D eigenvalue weighted by Crippen LogP contribution is -2.51. The van der Waals surface area contributed by atoms with Crippen molar-refractivity contribution < 1.29 is 4.65 Å². The van der Waals surface area contributed by atoms with Gasteiger partial charge in [-0.3, -0.25) is 0 Å². The Morgan fingerprint density at radius 1 is 1.50 bits per heavy atom. The van der Waals surface area contributed by atoms with Crippen LogP contribution in [0.4, 0.5) is 0 Å². The number of hydrogen-bond acceptors (Lipinski definition) is 2. The van der Waals surface area contributed by atoms with Gasteiger partial charge in [0.05, 0.1) is 0 Å². The van der Waals surface area contributed by atoms with E-state index in [0.29, 0.717) is 18.1 Å². The molecule has 2 nitrogen and oxygen atoms in total. The molecule has 0 bridgehead atoms. The Labute approximate surface area is 76.2 Å². The summed E-state index contributed by atoms with van der Waals surface area (Å²) in [7, 11) is 0.281. The van der Waals surface area contributed by atoms with Gasteiger partial charge in [-0.2, -0.15) is 0 Å². The molecule has 1 fully saturated rings. The molecule has 0 aliphatic carbocycles. The van der Waals surface area contributed by atoms with Crippen molar-refractivity contribution in [2.45, 2.75) is 52.6 Å². The first-order valence-corrected chi connectivity index (χ1v) is 4.99. The molecule has 70 valence electrons. The first kappa shape index (κ1) is 10.1. The van der Waals surface area contributed by atoms with E-state index in [0.717, 1.165) is 12.7 Å². The second-order valence-electron chi connectivity index (χ2n) is 4.37. The summed E-state index contributed by atoms with van der Waals surface area (Å²) in [5, 5.41) is 3.46. The topological polar surface area (TPSA) is 21.3 Å². The van der Waals surface area contributed by atoms with E-state index >= 15 is 0 Å². The first-order valence-electron chi connectivity index (χ1n) is 4.99. The third-order valence-electron chi connectivity index (χ3n) is 2.24. The van der Waals surface area contributed by atoms with E-state index in [2.05, 4.69) is 32.9 Å². The zero-order valence-corrected chi connectivity index (χ0v) is 8.63. The van der Waals surface area contributed by atoms with E-state index in [1.54, 1.807) is 0 Å². The number of nitrogens with one attached hydrogen (secondary N) is 1. The van der Waals surface area contributed by atoms with Crippen LogP contribution < -0.4 is 5.23 Å². The van der Waals surface area contributed by atoms with E-state index in [4.69, 9.17) is 4.65 Å². The van der Waals surface area contributed by atoms with Crippen molar-refractivity contribution in [3.05, 3.63) is 0 Å². The van der Waals surface area contributed by atoms with Crippen LogP contribution in [0.5, 0.6) is 0 Å². The Bertz CT molecular complexity index is 128. The van der Waals surface area contributed by atoms with E-state index < -0.39 is 0 Å². The normalized spacial score (nSPS) is 31.2. The predicted octanol–water partition coefficient (Wildman–Crippen LogP) is 1.92. The maximum Gasteiger partial charge on any atom is 0.380 e. The molecule has 3 heteroatoms. The minimum atomic E-state index is 0.281. The Kier molecular flexibility index (Phi) is 3.60. The molecule has 0 radical (unpaired) electrons. The number of hydrogen-bond donors (Lipinski definition) is 1. The largest absolute Gasteiger partial charge is 0.419 e. The van der Waals surface area contributed by atoms with Crippen molar-refractivity contribution in [2.75, 3.05) is 0 Å². The van der Waals surface area contributed by atoms with Crippen molar-refractivity contribution in [1.82, 2.24) is 5.23 Å². The van der Waals surface area contributed by atoms with Crippen LogP contribution >= 0.6 is 0 Å². The van der Waals surface area contributed by atoms with Crippen LogP contribution in [0.15, 0.2) is 0 Å². The van der Waals surface area contributed by atoms with Gasteiger partial charge in [-0.15, -0.1) is 0 Å². The van der Waals surface area contributed by atoms with Crippen LogP contribution in [0, 0.1) is 5.92 Å². The van der Waals surface area contributed by atoms with Crippen molar-refractivity contribution in [2.24, 2.45) is 5.92 Å². The Morgan fingerprint density at radius 3 is 2.67 bits per heavy atom. The fourth-order valence-electron chi connectivity index (χ4n) is 1.81. The van der Waals surface area contributed by atoms with E-state index in [1.165, 1.54) is 0 Å². The molecule has 2 atom stereocenters. The lowest BCUT2D eigenvalue weighted by Gasteiger charge is -2.32. The molecule has 1 N–H and O–H groups in total. The lowest BCUT2D eigenvalue weighted by molar-refractivity contribution is 0.162. The van der Waals surface area contributed by atoms with Crippen molar-refractivity contribution in [3.8, 4) is 0 Å². The van der Waals surface area contributed by atoms with Crippen LogP contribution in [-0.4, -0.2) is 19.2 Å². The highest BCUT2D eigenvalue weighted by molar-refractivity contribution is 6.49. The Hall–Kier alpha value is -0.0151. The summed E-state index contributed by atoms with van der Waals surface area (Å²) >= 11 is 0. The molecule has 1 saturated heterocycles. The number of rotatable bonds is 2. The van der Waals surface area contributed by atoms with Crippen LogP contribution in [0.1, 0.15) is 34.1 Å². The molecular formula is C9H20BNO. The molecule has 1 aliphatic heterocycles. The molecule has 1 aliphatic rings. The molecule has 0 aromatic rings. The van der Waals surface area contributed by atoms with Gasteiger partial charge in [0.15, 0.2) is 0 Å². The third-order valence-corrected chi connectivity index (χ3v) is 2.24. The average molecular weight is 169 g/mol. The predicted molar refractivity (Wildman–Crippen MR) is 53.2 cm³/mol. The summed E-state index contributed by atoms with van der Waals surface area (Å²) in [6.07, 6.45) is 2.67. The van der Waals surface area contributed by atoms with Crippen molar-refractivity contribution in [1.29, 1.82) is 0 Å². The summed E-state index contributed by atoms with van der Waals surface area (Å²) in [6, 6.07) is 0.609. The van der Waals surface area contributed by atoms with Crippen LogP contribution in [0.3, 0.4) is 0 Å². The highest BCUT2D eigenvalue weighted by atomic mass is 16.5. The summed E-state index contributed by atoms with van der Waals surface area (Å²) < 4.78 is 5.76. The zero-order chi connectivity index (χ0) is 9.14. The SMILES string of the molecule is CC(C)CB1N[C@H](C)C[C@H](C)O1. The molecule has 0 aromatic heterocycles. The van der Waals surface area contributed by atoms with Gasteiger partial charge >= 0.3 is 7.05 Å². The second kappa shape index (κ2) is 4.29. The smallest absolute Gasteiger partial charge is 0.380 e. The standard InChI is InChI=1S/C9H20BNO/c1-7(2)6-10-11-8(3)5-9(4)12-10/h7-9,11H,5-6H2,1-4H3/t8-,9+/m1/s1. The molecule has 1 heterocycles. The highest BCUT2D eigenvalue weighted by Crippen LogP contribution is 2.15. The first-order chi connectivity index (χ1) is 5.58. The average Bonchev–Trinajstić information content (AvgIpc) is 1.81. The van der Waals surface area contributed by atoms with Gasteiger partial charge in [-0.1, -0.05) is 20.8 Å². The highest BCUT2D eigenvalue weighted by Gasteiger charge is 2.27. The van der Waals surface area contributed by atoms with Crippen molar-refractivity contribution >= 4 is 7.05 Å². The molecule has 0 aromatic carbocycles. The second-order valence-corrected chi connectivity index (χ2v) is 4.37. The molecule has 0 unspecified atom stereocenters. The minimum absolute atomic E-state index is 0.281. The van der Waals surface area contributed by atoms with Crippen molar-refractivity contribution in [3.63, 3.8) is 0 Å². The molecule has 1 rings (SSSR count). The summed E-state index contributed by atoms with van der Waals surface area (Å²) in [5.74, 6) is 0.708. The molecular weight excluding hydrogens is 149 g/mol. The van der Waals surface area contributed by atoms with Gasteiger partial charge in [0.1, 0.15) is 0 Å². The lowest BCUT2D eigenvalue weighted by atomic mass is 9.70. The Morgan fingerprint density at radius 2 is 2.17 bits per heavy atom.